The molecule has 2 aromatic heterocycles. The highest BCUT2D eigenvalue weighted by molar-refractivity contribution is 7.98. The molecule has 0 unspecified atom stereocenters. The molecule has 0 radical (unpaired) electrons. The first kappa shape index (κ1) is 28.6. The predicted octanol–water partition coefficient (Wildman–Crippen LogP) is 7.38. The Morgan fingerprint density at radius 2 is 1.70 bits per heavy atom. The maximum absolute atomic E-state index is 13.3. The molecule has 0 aliphatic rings. The smallest absolute Gasteiger partial charge is 0.497 e. The molecule has 3 aromatic rings. The normalized spacial score (nSPS) is 12.6. The van der Waals surface area contributed by atoms with Gasteiger partial charge in [-0.25, -0.2) is 9.59 Å². The number of rotatable bonds is 7. The summed E-state index contributed by atoms with van der Waals surface area (Å²) in [6.45, 7) is 10.4. The Labute approximate surface area is 226 Å². The number of ether oxygens (including phenoxy) is 3. The van der Waals surface area contributed by atoms with Crippen LogP contribution < -0.4 is 4.74 Å². The van der Waals surface area contributed by atoms with Gasteiger partial charge < -0.3 is 14.2 Å². The van der Waals surface area contributed by atoms with Gasteiger partial charge in [-0.15, -0.1) is 16.4 Å². The topological polar surface area (TPSA) is 87.2 Å². The Bertz CT molecular complexity index is 1200. The standard InChI is InChI=1S/C27H34N2O6S2/c1-26(2,3)33-24(30)29(35-25(31)34-27(4,5)6)22(19-8-10-20(32-7)11-9-19)17-36-16-18-14-23-21(28-15-18)12-13-37-23/h8-15,22H,16-17H2,1-7H3/t22-/m1/s1. The Morgan fingerprint density at radius 1 is 1.03 bits per heavy atom. The van der Waals surface area contributed by atoms with Gasteiger partial charge in [-0.3, -0.25) is 9.82 Å². The predicted molar refractivity (Wildman–Crippen MR) is 147 cm³/mol. The molecule has 0 spiro atoms. The second-order valence-electron chi connectivity index (χ2n) is 10.3. The van der Waals surface area contributed by atoms with E-state index in [1.54, 1.807) is 83.9 Å². The average Bonchev–Trinajstić information content (AvgIpc) is 3.26. The van der Waals surface area contributed by atoms with Crippen LogP contribution in [0.3, 0.4) is 0 Å². The van der Waals surface area contributed by atoms with Gasteiger partial charge in [0.15, 0.2) is 0 Å². The van der Waals surface area contributed by atoms with Gasteiger partial charge in [0.1, 0.15) is 23.0 Å². The number of pyridine rings is 1. The molecule has 0 aliphatic heterocycles. The summed E-state index contributed by atoms with van der Waals surface area (Å²) in [7, 11) is 1.58. The number of thiophene rings is 1. The second-order valence-corrected chi connectivity index (χ2v) is 12.3. The molecule has 0 saturated heterocycles. The van der Waals surface area contributed by atoms with E-state index in [4.69, 9.17) is 19.0 Å². The molecule has 3 rings (SSSR count). The van der Waals surface area contributed by atoms with Crippen molar-refractivity contribution >= 4 is 45.6 Å². The van der Waals surface area contributed by atoms with Crippen LogP contribution in [0.1, 0.15) is 58.7 Å². The monoisotopic (exact) mass is 546 g/mol. The van der Waals surface area contributed by atoms with Crippen molar-refractivity contribution in [3.05, 3.63) is 59.1 Å². The molecular weight excluding hydrogens is 512 g/mol. The van der Waals surface area contributed by atoms with E-state index in [-0.39, 0.29) is 0 Å². The lowest BCUT2D eigenvalue weighted by atomic mass is 10.1. The number of hydrogen-bond acceptors (Lipinski definition) is 9. The molecule has 10 heteroatoms. The molecule has 1 amide bonds. The Morgan fingerprint density at radius 3 is 2.32 bits per heavy atom. The molecule has 0 aliphatic carbocycles. The van der Waals surface area contributed by atoms with E-state index in [1.807, 2.05) is 29.8 Å². The number of hydroxylamine groups is 2. The van der Waals surface area contributed by atoms with E-state index >= 15 is 0 Å². The van der Waals surface area contributed by atoms with Gasteiger partial charge in [0.05, 0.1) is 17.3 Å². The zero-order valence-corrected chi connectivity index (χ0v) is 23.9. The number of aromatic nitrogens is 1. The molecule has 200 valence electrons. The number of nitrogens with zero attached hydrogens (tertiary/aromatic N) is 2. The SMILES string of the molecule is COc1ccc([C@@H](CSCc2cnc3ccsc3c2)N(OC(=O)OC(C)(C)C)C(=O)OC(C)(C)C)cc1. The molecule has 8 nitrogen and oxygen atoms in total. The third-order valence-electron chi connectivity index (χ3n) is 4.82. The Kier molecular flexibility index (Phi) is 9.31. The van der Waals surface area contributed by atoms with Crippen molar-refractivity contribution in [2.75, 3.05) is 12.9 Å². The summed E-state index contributed by atoms with van der Waals surface area (Å²) >= 11 is 3.23. The van der Waals surface area contributed by atoms with E-state index in [1.165, 1.54) is 0 Å². The van der Waals surface area contributed by atoms with Crippen LogP contribution in [-0.2, 0) is 20.1 Å². The summed E-state index contributed by atoms with van der Waals surface area (Å²) in [6.07, 6.45) is 0.0726. The minimum atomic E-state index is -0.991. The summed E-state index contributed by atoms with van der Waals surface area (Å²) in [5.74, 6) is 1.74. The maximum atomic E-state index is 13.3. The zero-order valence-electron chi connectivity index (χ0n) is 22.3. The number of thioether (sulfide) groups is 1. The van der Waals surface area contributed by atoms with Gasteiger partial charge >= 0.3 is 12.2 Å². The first-order valence-corrected chi connectivity index (χ1v) is 13.8. The first-order valence-electron chi connectivity index (χ1n) is 11.8. The first-order chi connectivity index (χ1) is 17.3. The van der Waals surface area contributed by atoms with Gasteiger partial charge in [0.2, 0.25) is 0 Å². The summed E-state index contributed by atoms with van der Waals surface area (Å²) in [6, 6.07) is 10.7. The lowest BCUT2D eigenvalue weighted by Gasteiger charge is -2.32. The van der Waals surface area contributed by atoms with Crippen molar-refractivity contribution in [3.8, 4) is 5.75 Å². The highest BCUT2D eigenvalue weighted by Crippen LogP contribution is 2.31. The number of fused-ring (bicyclic) bond motifs is 1. The lowest BCUT2D eigenvalue weighted by molar-refractivity contribution is -0.153. The van der Waals surface area contributed by atoms with Gasteiger partial charge in [-0.05, 0) is 82.3 Å². The highest BCUT2D eigenvalue weighted by Gasteiger charge is 2.35. The fourth-order valence-corrected chi connectivity index (χ4v) is 5.13. The number of methoxy groups -OCH3 is 1. The van der Waals surface area contributed by atoms with Crippen molar-refractivity contribution in [2.24, 2.45) is 0 Å². The summed E-state index contributed by atoms with van der Waals surface area (Å²) in [5, 5.41) is 2.98. The van der Waals surface area contributed by atoms with Crippen LogP contribution in [-0.4, -0.2) is 46.4 Å². The van der Waals surface area contributed by atoms with Crippen molar-refractivity contribution in [2.45, 2.75) is 64.5 Å². The minimum Gasteiger partial charge on any atom is -0.497 e. The van der Waals surface area contributed by atoms with E-state index in [2.05, 4.69) is 11.1 Å². The molecule has 0 bridgehead atoms. The lowest BCUT2D eigenvalue weighted by Crippen LogP contribution is -2.42. The zero-order chi connectivity index (χ0) is 27.2. The molecule has 1 aromatic carbocycles. The van der Waals surface area contributed by atoms with Crippen LogP contribution in [0.25, 0.3) is 10.2 Å². The van der Waals surface area contributed by atoms with Gasteiger partial charge in [-0.1, -0.05) is 12.1 Å². The van der Waals surface area contributed by atoms with Gasteiger partial charge in [-0.2, -0.15) is 11.8 Å². The number of hydrogen-bond donors (Lipinski definition) is 0. The molecule has 0 saturated carbocycles. The van der Waals surface area contributed by atoms with Crippen LogP contribution in [0, 0.1) is 0 Å². The Balaban J connectivity index is 1.88. The van der Waals surface area contributed by atoms with Crippen LogP contribution in [0.15, 0.2) is 48.0 Å². The third kappa shape index (κ3) is 8.82. The quantitative estimate of drug-likeness (QED) is 0.224. The molecular formula is C27H34N2O6S2. The molecule has 0 N–H and O–H groups in total. The largest absolute Gasteiger partial charge is 0.534 e. The maximum Gasteiger partial charge on any atom is 0.534 e. The molecule has 2 heterocycles. The van der Waals surface area contributed by atoms with Gasteiger partial charge in [0, 0.05) is 17.7 Å². The molecule has 0 fully saturated rings. The minimum absolute atomic E-state index is 0.414. The van der Waals surface area contributed by atoms with Crippen molar-refractivity contribution in [3.63, 3.8) is 0 Å². The van der Waals surface area contributed by atoms with E-state index in [0.29, 0.717) is 17.3 Å². The second kappa shape index (κ2) is 12.0. The van der Waals surface area contributed by atoms with Crippen molar-refractivity contribution in [1.29, 1.82) is 0 Å². The van der Waals surface area contributed by atoms with Crippen LogP contribution >= 0.6 is 23.1 Å². The highest BCUT2D eigenvalue weighted by atomic mass is 32.2. The van der Waals surface area contributed by atoms with E-state index in [9.17, 15) is 9.59 Å². The number of amides is 1. The summed E-state index contributed by atoms with van der Waals surface area (Å²) < 4.78 is 17.3. The van der Waals surface area contributed by atoms with Crippen LogP contribution in [0.4, 0.5) is 9.59 Å². The Hall–Kier alpha value is -2.98. The van der Waals surface area contributed by atoms with Crippen molar-refractivity contribution < 1.29 is 28.6 Å². The number of benzene rings is 1. The number of carbonyl (C=O) groups is 2. The van der Waals surface area contributed by atoms with Gasteiger partial charge in [0.25, 0.3) is 0 Å². The molecule has 1 atom stereocenters. The summed E-state index contributed by atoms with van der Waals surface area (Å²) in [4.78, 5) is 35.9. The average molecular weight is 547 g/mol. The fraction of sp³-hybridized carbons (Fsp3) is 0.444. The van der Waals surface area contributed by atoms with E-state index < -0.39 is 29.5 Å². The third-order valence-corrected chi connectivity index (χ3v) is 6.77. The fourth-order valence-electron chi connectivity index (χ4n) is 3.26. The van der Waals surface area contributed by atoms with Crippen LogP contribution in [0.5, 0.6) is 5.75 Å². The summed E-state index contributed by atoms with van der Waals surface area (Å²) in [5.41, 5.74) is 1.18. The van der Waals surface area contributed by atoms with Crippen molar-refractivity contribution in [1.82, 2.24) is 10.0 Å². The molecule has 37 heavy (non-hydrogen) atoms. The van der Waals surface area contributed by atoms with Crippen LogP contribution in [0.2, 0.25) is 0 Å². The number of carbonyl (C=O) groups excluding carboxylic acids is 2. The van der Waals surface area contributed by atoms with E-state index in [0.717, 1.165) is 26.4 Å².